The number of nitrogens with zero attached hydrogens (tertiary/aromatic N) is 1. The summed E-state index contributed by atoms with van der Waals surface area (Å²) in [5.74, 6) is 1.28. The number of nitriles is 1. The van der Waals surface area contributed by atoms with Crippen molar-refractivity contribution >= 4 is 28.4 Å². The van der Waals surface area contributed by atoms with Crippen molar-refractivity contribution in [3.05, 3.63) is 102 Å². The number of fused-ring (bicyclic) bond motifs is 1. The maximum atomic E-state index is 12.7. The summed E-state index contributed by atoms with van der Waals surface area (Å²) >= 11 is 0. The number of ether oxygens (including phenoxy) is 3. The highest BCUT2D eigenvalue weighted by molar-refractivity contribution is 6.09. The summed E-state index contributed by atoms with van der Waals surface area (Å²) in [5.41, 5.74) is 2.24. The van der Waals surface area contributed by atoms with Crippen LogP contribution in [0, 0.1) is 11.3 Å². The number of amides is 1. The highest BCUT2D eigenvalue weighted by atomic mass is 16.5. The minimum absolute atomic E-state index is 0.0321. The van der Waals surface area contributed by atoms with Gasteiger partial charge in [-0.15, -0.1) is 0 Å². The van der Waals surface area contributed by atoms with E-state index in [1.54, 1.807) is 49.6 Å². The van der Waals surface area contributed by atoms with Crippen LogP contribution in [0.3, 0.4) is 0 Å². The lowest BCUT2D eigenvalue weighted by molar-refractivity contribution is -0.112. The van der Waals surface area contributed by atoms with Gasteiger partial charge in [-0.25, -0.2) is 0 Å². The molecule has 180 valence electrons. The second-order valence-electron chi connectivity index (χ2n) is 7.92. The molecular weight excluding hydrogens is 452 g/mol. The second kappa shape index (κ2) is 11.6. The maximum absolute atomic E-state index is 12.7. The van der Waals surface area contributed by atoms with E-state index in [-0.39, 0.29) is 5.57 Å². The Kier molecular flexibility index (Phi) is 7.84. The first-order chi connectivity index (χ1) is 17.6. The molecule has 0 heterocycles. The number of nitrogens with one attached hydrogen (secondary N) is 1. The van der Waals surface area contributed by atoms with Gasteiger partial charge in [-0.2, -0.15) is 5.26 Å². The standard InChI is InChI=1S/C30H26N2O4/c1-3-35-26-14-12-25(13-15-26)32-30(33)24(19-31)17-21-11-16-28(29(18-21)34-2)36-20-23-9-6-8-22-7-4-5-10-27(22)23/h4-18H,3,20H2,1-2H3,(H,32,33)/b24-17-. The smallest absolute Gasteiger partial charge is 0.266 e. The van der Waals surface area contributed by atoms with Crippen LogP contribution >= 0.6 is 0 Å². The van der Waals surface area contributed by atoms with Crippen LogP contribution in [0.5, 0.6) is 17.2 Å². The fourth-order valence-electron chi connectivity index (χ4n) is 3.78. The Hall–Kier alpha value is -4.76. The maximum Gasteiger partial charge on any atom is 0.266 e. The summed E-state index contributed by atoms with van der Waals surface area (Å²) in [7, 11) is 1.55. The predicted molar refractivity (Wildman–Crippen MR) is 141 cm³/mol. The van der Waals surface area contributed by atoms with Crippen LogP contribution in [0.1, 0.15) is 18.1 Å². The van der Waals surface area contributed by atoms with Gasteiger partial charge < -0.3 is 19.5 Å². The molecule has 0 radical (unpaired) electrons. The molecule has 0 aliphatic heterocycles. The third-order valence-corrected chi connectivity index (χ3v) is 5.55. The van der Waals surface area contributed by atoms with Gasteiger partial charge in [0.25, 0.3) is 5.91 Å². The zero-order valence-electron chi connectivity index (χ0n) is 20.2. The molecule has 0 fully saturated rings. The van der Waals surface area contributed by atoms with Gasteiger partial charge in [-0.05, 0) is 71.3 Å². The molecule has 6 nitrogen and oxygen atoms in total. The molecule has 4 rings (SSSR count). The largest absolute Gasteiger partial charge is 0.494 e. The number of carbonyl (C=O) groups is 1. The molecule has 0 bridgehead atoms. The number of benzene rings is 4. The molecule has 0 atom stereocenters. The molecule has 0 aliphatic rings. The molecule has 6 heteroatoms. The van der Waals surface area contributed by atoms with Crippen molar-refractivity contribution in [1.29, 1.82) is 5.26 Å². The SMILES string of the molecule is CCOc1ccc(NC(=O)/C(C#N)=C\c2ccc(OCc3cccc4ccccc34)c(OC)c2)cc1. The molecule has 0 saturated carbocycles. The fourth-order valence-corrected chi connectivity index (χ4v) is 3.78. The van der Waals surface area contributed by atoms with Crippen LogP contribution in [0.25, 0.3) is 16.8 Å². The molecular formula is C30H26N2O4. The van der Waals surface area contributed by atoms with E-state index in [1.165, 1.54) is 6.08 Å². The molecule has 0 unspecified atom stereocenters. The number of rotatable bonds is 9. The molecule has 1 N–H and O–H groups in total. The Bertz CT molecular complexity index is 1430. The van der Waals surface area contributed by atoms with Crippen LogP contribution in [0.4, 0.5) is 5.69 Å². The molecule has 0 spiro atoms. The van der Waals surface area contributed by atoms with Gasteiger partial charge in [0.15, 0.2) is 11.5 Å². The average molecular weight is 479 g/mol. The molecule has 0 saturated heterocycles. The first-order valence-corrected chi connectivity index (χ1v) is 11.5. The van der Waals surface area contributed by atoms with Crippen molar-refractivity contribution in [3.63, 3.8) is 0 Å². The predicted octanol–water partition coefficient (Wildman–Crippen LogP) is 6.37. The summed E-state index contributed by atoms with van der Waals surface area (Å²) in [6.45, 7) is 2.84. The minimum atomic E-state index is -0.503. The van der Waals surface area contributed by atoms with E-state index >= 15 is 0 Å². The van der Waals surface area contributed by atoms with Crippen molar-refractivity contribution in [3.8, 4) is 23.3 Å². The van der Waals surface area contributed by atoms with Crippen LogP contribution in [-0.2, 0) is 11.4 Å². The first kappa shape index (κ1) is 24.4. The molecule has 36 heavy (non-hydrogen) atoms. The number of carbonyl (C=O) groups excluding carboxylic acids is 1. The van der Waals surface area contributed by atoms with Crippen molar-refractivity contribution in [2.45, 2.75) is 13.5 Å². The van der Waals surface area contributed by atoms with E-state index in [1.807, 2.05) is 37.3 Å². The summed E-state index contributed by atoms with van der Waals surface area (Å²) in [6.07, 6.45) is 1.51. The van der Waals surface area contributed by atoms with Crippen LogP contribution in [0.15, 0.2) is 90.5 Å². The van der Waals surface area contributed by atoms with Crippen LogP contribution in [0.2, 0.25) is 0 Å². The number of hydrogen-bond acceptors (Lipinski definition) is 5. The van der Waals surface area contributed by atoms with E-state index in [9.17, 15) is 10.1 Å². The molecule has 0 aliphatic carbocycles. The lowest BCUT2D eigenvalue weighted by Crippen LogP contribution is -2.13. The first-order valence-electron chi connectivity index (χ1n) is 11.5. The van der Waals surface area contributed by atoms with Crippen LogP contribution < -0.4 is 19.5 Å². The molecule has 4 aromatic carbocycles. The average Bonchev–Trinajstić information content (AvgIpc) is 2.92. The quantitative estimate of drug-likeness (QED) is 0.223. The zero-order chi connectivity index (χ0) is 25.3. The Morgan fingerprint density at radius 3 is 2.47 bits per heavy atom. The summed E-state index contributed by atoms with van der Waals surface area (Å²) in [4.78, 5) is 12.7. The Balaban J connectivity index is 1.48. The van der Waals surface area contributed by atoms with Crippen molar-refractivity contribution < 1.29 is 19.0 Å². The summed E-state index contributed by atoms with van der Waals surface area (Å²) in [5, 5.41) is 14.6. The number of anilines is 1. The third kappa shape index (κ3) is 5.83. The minimum Gasteiger partial charge on any atom is -0.494 e. The second-order valence-corrected chi connectivity index (χ2v) is 7.92. The van der Waals surface area contributed by atoms with Gasteiger partial charge in [0.2, 0.25) is 0 Å². The highest BCUT2D eigenvalue weighted by Crippen LogP contribution is 2.30. The highest BCUT2D eigenvalue weighted by Gasteiger charge is 2.12. The Morgan fingerprint density at radius 1 is 0.944 bits per heavy atom. The van der Waals surface area contributed by atoms with Gasteiger partial charge >= 0.3 is 0 Å². The van der Waals surface area contributed by atoms with Gasteiger partial charge in [0.1, 0.15) is 24.0 Å². The van der Waals surface area contributed by atoms with E-state index in [0.717, 1.165) is 16.3 Å². The number of hydrogen-bond donors (Lipinski definition) is 1. The zero-order valence-corrected chi connectivity index (χ0v) is 20.2. The summed E-state index contributed by atoms with van der Waals surface area (Å²) in [6, 6.07) is 28.5. The van der Waals surface area contributed by atoms with Crippen LogP contribution in [-0.4, -0.2) is 19.6 Å². The molecule has 0 aromatic heterocycles. The van der Waals surface area contributed by atoms with Crippen molar-refractivity contribution in [1.82, 2.24) is 0 Å². The van der Waals surface area contributed by atoms with Gasteiger partial charge in [0.05, 0.1) is 13.7 Å². The van der Waals surface area contributed by atoms with E-state index < -0.39 is 5.91 Å². The molecule has 4 aromatic rings. The van der Waals surface area contributed by atoms with Crippen molar-refractivity contribution in [2.24, 2.45) is 0 Å². The van der Waals surface area contributed by atoms with E-state index in [4.69, 9.17) is 14.2 Å². The number of methoxy groups -OCH3 is 1. The Labute approximate surface area is 210 Å². The topological polar surface area (TPSA) is 80.6 Å². The van der Waals surface area contributed by atoms with Crippen molar-refractivity contribution in [2.75, 3.05) is 19.0 Å². The monoisotopic (exact) mass is 478 g/mol. The Morgan fingerprint density at radius 2 is 1.72 bits per heavy atom. The lowest BCUT2D eigenvalue weighted by Gasteiger charge is -2.13. The van der Waals surface area contributed by atoms with Gasteiger partial charge in [-0.3, -0.25) is 4.79 Å². The fraction of sp³-hybridized carbons (Fsp3) is 0.133. The lowest BCUT2D eigenvalue weighted by atomic mass is 10.1. The van der Waals surface area contributed by atoms with Gasteiger partial charge in [-0.1, -0.05) is 48.5 Å². The molecule has 1 amide bonds. The van der Waals surface area contributed by atoms with Gasteiger partial charge in [0, 0.05) is 5.69 Å². The normalized spacial score (nSPS) is 11.0. The summed E-state index contributed by atoms with van der Waals surface area (Å²) < 4.78 is 17.0. The van der Waals surface area contributed by atoms with E-state index in [2.05, 4.69) is 23.5 Å². The third-order valence-electron chi connectivity index (χ3n) is 5.55. The van der Waals surface area contributed by atoms with E-state index in [0.29, 0.717) is 41.7 Å².